The number of amides is 2. The molecule has 216 valence electrons. The molecule has 2 amide bonds. The van der Waals surface area contributed by atoms with Gasteiger partial charge >= 0.3 is 5.97 Å². The summed E-state index contributed by atoms with van der Waals surface area (Å²) in [7, 11) is 1.27. The minimum Gasteiger partial charge on any atom is -0.501 e. The van der Waals surface area contributed by atoms with E-state index in [1.54, 1.807) is 13.2 Å². The van der Waals surface area contributed by atoms with Crippen molar-refractivity contribution in [2.45, 2.75) is 89.9 Å². The number of nitrogens with two attached hydrogens (primary N) is 1. The molecule has 2 aliphatic rings. The maximum atomic E-state index is 12.7. The summed E-state index contributed by atoms with van der Waals surface area (Å²) in [6, 6.07) is -0.829. The summed E-state index contributed by atoms with van der Waals surface area (Å²) in [5.41, 5.74) is 5.97. The Morgan fingerprint density at radius 3 is 2.16 bits per heavy atom. The van der Waals surface area contributed by atoms with E-state index in [-0.39, 0.29) is 23.1 Å². The zero-order chi connectivity index (χ0) is 29.3. The van der Waals surface area contributed by atoms with E-state index in [2.05, 4.69) is 18.5 Å². The summed E-state index contributed by atoms with van der Waals surface area (Å²) in [6.07, 6.45) is 7.88. The predicted molar refractivity (Wildman–Crippen MR) is 154 cm³/mol. The number of hydrogen-bond donors (Lipinski definition) is 2. The molecule has 2 rings (SSSR count). The van der Waals surface area contributed by atoms with Gasteiger partial charge in [0.2, 0.25) is 11.8 Å². The Kier molecular flexibility index (Phi) is 13.4. The van der Waals surface area contributed by atoms with Crippen molar-refractivity contribution in [3.05, 3.63) is 36.6 Å². The molecule has 38 heavy (non-hydrogen) atoms. The molecule has 0 aromatic heterocycles. The van der Waals surface area contributed by atoms with Gasteiger partial charge in [-0.25, -0.2) is 4.79 Å². The monoisotopic (exact) mass is 572 g/mol. The first-order chi connectivity index (χ1) is 17.6. The van der Waals surface area contributed by atoms with E-state index < -0.39 is 34.7 Å². The standard InChI is InChI=1S/C18H28N2O4.C11H18Cl2O/c1-7-11(2)10-13(15(22)24-6)20-14(21)12-8-9-18(5,16(19)23)17(12,3)4;1-8(2)6-14-7-9-10(12)4-3-5-11(9)13/h7,12-13H,1-2,8-10H2,3-6H3,(H2,19,23)(H,20,21);6,9-11H,3-5,7H2,1-2H3/t12?,13-,18?;/m0./s1. The predicted octanol–water partition coefficient (Wildman–Crippen LogP) is 5.65. The maximum absolute atomic E-state index is 12.7. The molecule has 0 aromatic carbocycles. The van der Waals surface area contributed by atoms with E-state index in [1.165, 1.54) is 13.2 Å². The third-order valence-corrected chi connectivity index (χ3v) is 9.22. The number of rotatable bonds is 10. The maximum Gasteiger partial charge on any atom is 0.328 e. The van der Waals surface area contributed by atoms with Crippen molar-refractivity contribution in [3.63, 3.8) is 0 Å². The largest absolute Gasteiger partial charge is 0.501 e. The summed E-state index contributed by atoms with van der Waals surface area (Å²) in [6.45, 7) is 17.6. The molecule has 7 nitrogen and oxygen atoms in total. The molecule has 0 spiro atoms. The fourth-order valence-corrected chi connectivity index (χ4v) is 5.93. The van der Waals surface area contributed by atoms with Crippen LogP contribution in [0.5, 0.6) is 0 Å². The summed E-state index contributed by atoms with van der Waals surface area (Å²) < 4.78 is 10.2. The van der Waals surface area contributed by atoms with Gasteiger partial charge in [0.25, 0.3) is 0 Å². The summed E-state index contributed by atoms with van der Waals surface area (Å²) in [5.74, 6) is -1.36. The Labute approximate surface area is 238 Å². The van der Waals surface area contributed by atoms with Crippen LogP contribution < -0.4 is 11.1 Å². The van der Waals surface area contributed by atoms with Gasteiger partial charge in [-0.1, -0.05) is 52.0 Å². The van der Waals surface area contributed by atoms with Crippen LogP contribution in [0, 0.1) is 22.7 Å². The Balaban J connectivity index is 0.000000437. The average Bonchev–Trinajstić information content (AvgIpc) is 3.09. The number of nitrogens with one attached hydrogen (secondary N) is 1. The van der Waals surface area contributed by atoms with Crippen LogP contribution in [0.4, 0.5) is 0 Å². The van der Waals surface area contributed by atoms with Crippen LogP contribution in [0.2, 0.25) is 0 Å². The number of primary amides is 1. The molecule has 0 saturated heterocycles. The lowest BCUT2D eigenvalue weighted by molar-refractivity contribution is -0.147. The molecule has 0 aliphatic heterocycles. The highest BCUT2D eigenvalue weighted by molar-refractivity contribution is 6.24. The highest BCUT2D eigenvalue weighted by atomic mass is 35.5. The molecule has 5 atom stereocenters. The van der Waals surface area contributed by atoms with Crippen molar-refractivity contribution in [2.24, 2.45) is 28.4 Å². The summed E-state index contributed by atoms with van der Waals surface area (Å²) >= 11 is 12.4. The average molecular weight is 574 g/mol. The number of methoxy groups -OCH3 is 1. The third-order valence-electron chi connectivity index (χ3n) is 8.14. The smallest absolute Gasteiger partial charge is 0.328 e. The molecule has 0 heterocycles. The van der Waals surface area contributed by atoms with Crippen LogP contribution in [0.1, 0.15) is 73.1 Å². The molecule has 0 bridgehead atoms. The molecule has 2 fully saturated rings. The molecular formula is C29H46Cl2N2O5. The lowest BCUT2D eigenvalue weighted by Gasteiger charge is -2.39. The molecule has 2 aliphatic carbocycles. The highest BCUT2D eigenvalue weighted by Crippen LogP contribution is 2.55. The first kappa shape index (κ1) is 34.0. The number of ether oxygens (including phenoxy) is 2. The van der Waals surface area contributed by atoms with Crippen LogP contribution in [-0.4, -0.2) is 48.3 Å². The highest BCUT2D eigenvalue weighted by Gasteiger charge is 2.57. The Morgan fingerprint density at radius 1 is 1.13 bits per heavy atom. The van der Waals surface area contributed by atoms with Crippen LogP contribution in [0.15, 0.2) is 36.6 Å². The van der Waals surface area contributed by atoms with E-state index >= 15 is 0 Å². The van der Waals surface area contributed by atoms with Crippen LogP contribution in [0.3, 0.4) is 0 Å². The first-order valence-corrected chi connectivity index (χ1v) is 14.0. The van der Waals surface area contributed by atoms with Gasteiger partial charge in [-0.05, 0) is 50.5 Å². The van der Waals surface area contributed by atoms with Gasteiger partial charge in [-0.15, -0.1) is 23.2 Å². The second-order valence-electron chi connectivity index (χ2n) is 11.3. The Hall–Kier alpha value is -1.99. The third kappa shape index (κ3) is 8.77. The zero-order valence-electron chi connectivity index (χ0n) is 23.8. The van der Waals surface area contributed by atoms with Crippen molar-refractivity contribution < 1.29 is 23.9 Å². The topological polar surface area (TPSA) is 108 Å². The fraction of sp³-hybridized carbons (Fsp3) is 0.690. The van der Waals surface area contributed by atoms with E-state index in [9.17, 15) is 14.4 Å². The Morgan fingerprint density at radius 2 is 1.71 bits per heavy atom. The minimum atomic E-state index is -0.829. The Bertz CT molecular complexity index is 889. The van der Waals surface area contributed by atoms with Gasteiger partial charge in [0.05, 0.1) is 25.4 Å². The molecular weight excluding hydrogens is 527 g/mol. The van der Waals surface area contributed by atoms with Gasteiger partial charge in [0.15, 0.2) is 0 Å². The molecule has 0 radical (unpaired) electrons. The number of carbonyl (C=O) groups excluding carboxylic acids is 3. The van der Waals surface area contributed by atoms with E-state index in [0.29, 0.717) is 30.9 Å². The fourth-order valence-electron chi connectivity index (χ4n) is 5.05. The number of halogens is 2. The van der Waals surface area contributed by atoms with Crippen molar-refractivity contribution in [2.75, 3.05) is 13.7 Å². The normalized spacial score (nSPS) is 28.5. The zero-order valence-corrected chi connectivity index (χ0v) is 25.3. The van der Waals surface area contributed by atoms with Crippen molar-refractivity contribution in [1.29, 1.82) is 0 Å². The van der Waals surface area contributed by atoms with Gasteiger partial charge in [0.1, 0.15) is 6.04 Å². The lowest BCUT2D eigenvalue weighted by atomic mass is 9.65. The van der Waals surface area contributed by atoms with Crippen LogP contribution in [0.25, 0.3) is 0 Å². The van der Waals surface area contributed by atoms with E-state index in [0.717, 1.165) is 24.8 Å². The molecule has 4 unspecified atom stereocenters. The second-order valence-corrected chi connectivity index (χ2v) is 12.4. The van der Waals surface area contributed by atoms with Gasteiger partial charge in [0, 0.05) is 29.0 Å². The number of hydrogen-bond acceptors (Lipinski definition) is 5. The van der Waals surface area contributed by atoms with Gasteiger partial charge in [-0.3, -0.25) is 9.59 Å². The summed E-state index contributed by atoms with van der Waals surface area (Å²) in [5, 5.41) is 3.09. The van der Waals surface area contributed by atoms with E-state index in [1.807, 2.05) is 27.7 Å². The van der Waals surface area contributed by atoms with Crippen LogP contribution >= 0.6 is 23.2 Å². The van der Waals surface area contributed by atoms with Crippen molar-refractivity contribution in [3.8, 4) is 0 Å². The SMILES string of the molecule is C=CC(=C)C[C@H](NC(=O)C1CCC(C)(C(N)=O)C1(C)C)C(=O)OC.CC(C)=COCC1C(Cl)CCCC1Cl. The lowest BCUT2D eigenvalue weighted by Crippen LogP contribution is -2.50. The van der Waals surface area contributed by atoms with Gasteiger partial charge < -0.3 is 20.5 Å². The summed E-state index contributed by atoms with van der Waals surface area (Å²) in [4.78, 5) is 36.5. The van der Waals surface area contributed by atoms with Crippen molar-refractivity contribution in [1.82, 2.24) is 5.32 Å². The van der Waals surface area contributed by atoms with Crippen molar-refractivity contribution >= 4 is 41.0 Å². The number of esters is 1. The van der Waals surface area contributed by atoms with Gasteiger partial charge in [-0.2, -0.15) is 0 Å². The molecule has 0 aromatic rings. The minimum absolute atomic E-state index is 0.178. The quantitative estimate of drug-likeness (QED) is 0.152. The second kappa shape index (κ2) is 15.0. The van der Waals surface area contributed by atoms with E-state index in [4.69, 9.17) is 38.4 Å². The molecule has 9 heteroatoms. The molecule has 3 N–H and O–H groups in total. The van der Waals surface area contributed by atoms with Crippen LogP contribution in [-0.2, 0) is 23.9 Å². The molecule has 2 saturated carbocycles. The number of allylic oxidation sites excluding steroid dienone is 2. The number of alkyl halides is 2. The first-order valence-electron chi connectivity index (χ1n) is 13.1. The number of carbonyl (C=O) groups is 3.